The lowest BCUT2D eigenvalue weighted by molar-refractivity contribution is -0.120. The minimum atomic E-state index is -0.900. The van der Waals surface area contributed by atoms with Gasteiger partial charge < -0.3 is 24.8 Å². The van der Waals surface area contributed by atoms with E-state index < -0.39 is 18.1 Å². The fourth-order valence-electron chi connectivity index (χ4n) is 5.63. The number of ketones is 1. The molecule has 0 spiro atoms. The zero-order valence-electron chi connectivity index (χ0n) is 25.7. The molecule has 5 rings (SSSR count). The zero-order chi connectivity index (χ0) is 32.1. The van der Waals surface area contributed by atoms with E-state index in [0.717, 1.165) is 16.7 Å². The first kappa shape index (κ1) is 32.3. The lowest BCUT2D eigenvalue weighted by Gasteiger charge is -2.31. The van der Waals surface area contributed by atoms with Crippen molar-refractivity contribution in [2.45, 2.75) is 43.4 Å². The molecule has 10 heteroatoms. The normalized spacial score (nSPS) is 16.6. The van der Waals surface area contributed by atoms with Crippen molar-refractivity contribution in [3.05, 3.63) is 125 Å². The molecule has 2 heterocycles. The number of nitrogens with zero attached hydrogens (tertiary/aromatic N) is 3. The van der Waals surface area contributed by atoms with Gasteiger partial charge in [0, 0.05) is 25.2 Å². The summed E-state index contributed by atoms with van der Waals surface area (Å²) in [6, 6.07) is 27.5. The average Bonchev–Trinajstić information content (AvgIpc) is 3.11. The van der Waals surface area contributed by atoms with Gasteiger partial charge in [0.05, 0.1) is 37.0 Å². The van der Waals surface area contributed by atoms with E-state index in [2.05, 4.69) is 26.7 Å². The van der Waals surface area contributed by atoms with E-state index in [9.17, 15) is 9.59 Å². The molecule has 236 valence electrons. The van der Waals surface area contributed by atoms with Crippen molar-refractivity contribution in [3.8, 4) is 11.8 Å². The number of rotatable bonds is 13. The number of benzene rings is 3. The van der Waals surface area contributed by atoms with Crippen molar-refractivity contribution in [1.82, 2.24) is 20.6 Å². The van der Waals surface area contributed by atoms with Crippen LogP contribution in [0.1, 0.15) is 40.3 Å². The summed E-state index contributed by atoms with van der Waals surface area (Å²) in [5, 5.41) is 15.2. The van der Waals surface area contributed by atoms with Gasteiger partial charge in [-0.3, -0.25) is 4.79 Å². The van der Waals surface area contributed by atoms with Crippen LogP contribution in [0.25, 0.3) is 0 Å². The Balaban J connectivity index is 1.26. The van der Waals surface area contributed by atoms with E-state index in [1.165, 1.54) is 13.4 Å². The topological polar surface area (TPSA) is 135 Å². The van der Waals surface area contributed by atoms with Crippen LogP contribution in [-0.2, 0) is 27.1 Å². The van der Waals surface area contributed by atoms with Crippen molar-refractivity contribution in [2.24, 2.45) is 0 Å². The molecule has 1 fully saturated rings. The van der Waals surface area contributed by atoms with E-state index in [4.69, 9.17) is 19.5 Å². The summed E-state index contributed by atoms with van der Waals surface area (Å²) in [5.41, 5.74) is 3.83. The molecule has 4 aromatic rings. The molecule has 0 aliphatic carbocycles. The third-order valence-corrected chi connectivity index (χ3v) is 7.96. The van der Waals surface area contributed by atoms with E-state index in [1.807, 2.05) is 60.7 Å². The summed E-state index contributed by atoms with van der Waals surface area (Å²) in [7, 11) is 1.28. The number of amides is 1. The van der Waals surface area contributed by atoms with Gasteiger partial charge in [-0.25, -0.2) is 14.8 Å². The van der Waals surface area contributed by atoms with Gasteiger partial charge in [-0.2, -0.15) is 5.26 Å². The number of aryl methyl sites for hydroxylation is 1. The Morgan fingerprint density at radius 2 is 1.67 bits per heavy atom. The van der Waals surface area contributed by atoms with Crippen molar-refractivity contribution in [3.63, 3.8) is 0 Å². The molecule has 1 saturated heterocycles. The van der Waals surface area contributed by atoms with Gasteiger partial charge >= 0.3 is 6.09 Å². The van der Waals surface area contributed by atoms with E-state index >= 15 is 0 Å². The van der Waals surface area contributed by atoms with Gasteiger partial charge in [-0.15, -0.1) is 0 Å². The third-order valence-electron chi connectivity index (χ3n) is 7.96. The molecule has 0 saturated carbocycles. The molecule has 10 nitrogen and oxygen atoms in total. The number of alkyl carbamates (subject to hydrolysis) is 1. The Hall–Kier alpha value is -5.11. The van der Waals surface area contributed by atoms with Crippen LogP contribution in [0.4, 0.5) is 4.79 Å². The molecule has 46 heavy (non-hydrogen) atoms. The Kier molecular flexibility index (Phi) is 11.4. The summed E-state index contributed by atoms with van der Waals surface area (Å²) in [6.45, 7) is 1.73. The minimum Gasteiger partial charge on any atom is -0.491 e. The quantitative estimate of drug-likeness (QED) is 0.223. The molecular formula is C36H37N5O5. The Morgan fingerprint density at radius 1 is 1.00 bits per heavy atom. The molecular weight excluding hydrogens is 582 g/mol. The number of hydrogen-bond acceptors (Lipinski definition) is 9. The van der Waals surface area contributed by atoms with Gasteiger partial charge in [0.1, 0.15) is 30.8 Å². The van der Waals surface area contributed by atoms with Crippen LogP contribution in [-0.4, -0.2) is 66.9 Å². The number of nitriles is 1. The number of aromatic nitrogens is 2. The first-order valence-corrected chi connectivity index (χ1v) is 15.3. The maximum absolute atomic E-state index is 14.1. The molecule has 0 unspecified atom stereocenters. The van der Waals surface area contributed by atoms with Crippen LogP contribution < -0.4 is 15.4 Å². The summed E-state index contributed by atoms with van der Waals surface area (Å²) in [4.78, 5) is 35.3. The van der Waals surface area contributed by atoms with Crippen LogP contribution >= 0.6 is 0 Å². The SMILES string of the molecule is COC(=O)N[C@H](C(=O)Cc1ncncc1CC[C@@H]1CNC[C@@H](COc2ccc(C#N)cc2)O1)C(c1ccccc1)c1ccccc1. The highest BCUT2D eigenvalue weighted by molar-refractivity contribution is 5.90. The van der Waals surface area contributed by atoms with Crippen LogP contribution in [0.5, 0.6) is 5.75 Å². The van der Waals surface area contributed by atoms with Gasteiger partial charge in [-0.05, 0) is 53.8 Å². The maximum Gasteiger partial charge on any atom is 0.407 e. The smallest absolute Gasteiger partial charge is 0.407 e. The van der Waals surface area contributed by atoms with Crippen LogP contribution in [0, 0.1) is 11.3 Å². The molecule has 0 radical (unpaired) electrons. The second-order valence-electron chi connectivity index (χ2n) is 11.1. The number of ether oxygens (including phenoxy) is 3. The van der Waals surface area contributed by atoms with Crippen LogP contribution in [0.2, 0.25) is 0 Å². The predicted octanol–water partition coefficient (Wildman–Crippen LogP) is 4.39. The van der Waals surface area contributed by atoms with Gasteiger partial charge in [0.15, 0.2) is 5.78 Å². The molecule has 1 aromatic heterocycles. The number of carbonyl (C=O) groups excluding carboxylic acids is 2. The lowest BCUT2D eigenvalue weighted by atomic mass is 9.82. The minimum absolute atomic E-state index is 0.00745. The highest BCUT2D eigenvalue weighted by Gasteiger charge is 2.33. The standard InChI is InChI=1S/C36H37N5O5/c1-44-36(43)41-35(34(26-8-4-2-5-9-26)27-10-6-3-7-11-27)33(42)18-32-28(20-39-24-40-32)14-17-30-21-38-22-31(46-30)23-45-29-15-12-25(19-37)13-16-29/h2-13,15-16,20,24,30-31,34-35,38H,14,17-18,21-23H2,1H3,(H,41,43)/t30-,31+,35-/m1/s1. The van der Waals surface area contributed by atoms with Gasteiger partial charge in [-0.1, -0.05) is 60.7 Å². The number of hydrogen-bond donors (Lipinski definition) is 2. The number of nitrogens with one attached hydrogen (secondary N) is 2. The largest absolute Gasteiger partial charge is 0.491 e. The van der Waals surface area contributed by atoms with Gasteiger partial charge in [0.25, 0.3) is 0 Å². The molecule has 3 aromatic carbocycles. The summed E-state index contributed by atoms with van der Waals surface area (Å²) >= 11 is 0. The highest BCUT2D eigenvalue weighted by atomic mass is 16.5. The molecule has 0 bridgehead atoms. The van der Waals surface area contributed by atoms with Crippen molar-refractivity contribution < 1.29 is 23.8 Å². The number of carbonyl (C=O) groups is 2. The van der Waals surface area contributed by atoms with E-state index in [1.54, 1.807) is 30.5 Å². The molecule has 1 aliphatic heterocycles. The Labute approximate surface area is 268 Å². The fourth-order valence-corrected chi connectivity index (χ4v) is 5.63. The van der Waals surface area contributed by atoms with Crippen molar-refractivity contribution >= 4 is 11.9 Å². The molecule has 1 amide bonds. The summed E-state index contributed by atoms with van der Waals surface area (Å²) in [6.07, 6.45) is 3.60. The van der Waals surface area contributed by atoms with Crippen LogP contribution in [0.15, 0.2) is 97.5 Å². The zero-order valence-corrected chi connectivity index (χ0v) is 25.7. The fraction of sp³-hybridized carbons (Fsp3) is 0.306. The van der Waals surface area contributed by atoms with Gasteiger partial charge in [0.2, 0.25) is 0 Å². The first-order chi connectivity index (χ1) is 22.5. The van der Waals surface area contributed by atoms with Crippen molar-refractivity contribution in [2.75, 3.05) is 26.8 Å². The first-order valence-electron chi connectivity index (χ1n) is 15.3. The molecule has 1 aliphatic rings. The van der Waals surface area contributed by atoms with Crippen LogP contribution in [0.3, 0.4) is 0 Å². The highest BCUT2D eigenvalue weighted by Crippen LogP contribution is 2.30. The maximum atomic E-state index is 14.1. The monoisotopic (exact) mass is 619 g/mol. The van der Waals surface area contributed by atoms with Crippen molar-refractivity contribution in [1.29, 1.82) is 5.26 Å². The number of Topliss-reactive ketones (excluding diaryl/α,β-unsaturated/α-hetero) is 1. The number of morpholine rings is 1. The third kappa shape index (κ3) is 8.75. The predicted molar refractivity (Wildman–Crippen MR) is 171 cm³/mol. The van der Waals surface area contributed by atoms with E-state index in [0.29, 0.717) is 49.5 Å². The lowest BCUT2D eigenvalue weighted by Crippen LogP contribution is -2.47. The summed E-state index contributed by atoms with van der Waals surface area (Å²) < 4.78 is 17.1. The Morgan fingerprint density at radius 3 is 2.33 bits per heavy atom. The second-order valence-corrected chi connectivity index (χ2v) is 11.1. The second kappa shape index (κ2) is 16.3. The molecule has 3 atom stereocenters. The summed E-state index contributed by atoms with van der Waals surface area (Å²) in [5.74, 6) is 0.0466. The van der Waals surface area contributed by atoms with E-state index in [-0.39, 0.29) is 24.4 Å². The molecule has 2 N–H and O–H groups in total. The number of methoxy groups -OCH3 is 1. The average molecular weight is 620 g/mol. The Bertz CT molecular complexity index is 1570.